The lowest BCUT2D eigenvalue weighted by molar-refractivity contribution is 0.158. The van der Waals surface area contributed by atoms with Crippen molar-refractivity contribution in [1.82, 2.24) is 19.5 Å². The number of nitrogens with zero attached hydrogens (tertiary/aromatic N) is 4. The van der Waals surface area contributed by atoms with Gasteiger partial charge in [-0.2, -0.15) is 9.97 Å². The Hall–Kier alpha value is -2.15. The van der Waals surface area contributed by atoms with Gasteiger partial charge >= 0.3 is 0 Å². The van der Waals surface area contributed by atoms with E-state index in [1.165, 1.54) is 0 Å². The summed E-state index contributed by atoms with van der Waals surface area (Å²) in [5.74, 6) is 0.619. The highest BCUT2D eigenvalue weighted by molar-refractivity contribution is 5.77. The van der Waals surface area contributed by atoms with Gasteiger partial charge in [0.05, 0.1) is 25.1 Å². The summed E-state index contributed by atoms with van der Waals surface area (Å²) in [4.78, 5) is 12.7. The van der Waals surface area contributed by atoms with Crippen LogP contribution in [0.4, 0.5) is 5.95 Å². The van der Waals surface area contributed by atoms with Gasteiger partial charge in [0.2, 0.25) is 11.8 Å². The standard InChI is InChI=1S/C14H18N5O2/c1-8(2)21-13-11-12(17-14(15)18-13)19(7-16-11)10-4-3-9(5-10)6-20/h3-4,7-10H,5-6H2,1-2H3,(H2,15,17,18)/t9-,10+/m1/s1. The summed E-state index contributed by atoms with van der Waals surface area (Å²) < 4.78 is 7.57. The number of imidazole rings is 1. The lowest BCUT2D eigenvalue weighted by Crippen LogP contribution is -2.11. The van der Waals surface area contributed by atoms with E-state index in [-0.39, 0.29) is 30.6 Å². The monoisotopic (exact) mass is 288 g/mol. The topological polar surface area (TPSA) is 98.8 Å². The van der Waals surface area contributed by atoms with Crippen LogP contribution in [0.5, 0.6) is 5.88 Å². The number of nitrogens with two attached hydrogens (primary N) is 1. The minimum Gasteiger partial charge on any atom is -0.473 e. The minimum atomic E-state index is -0.0987. The Kier molecular flexibility index (Phi) is 3.50. The van der Waals surface area contributed by atoms with Crippen molar-refractivity contribution in [3.63, 3.8) is 0 Å². The lowest BCUT2D eigenvalue weighted by Gasteiger charge is -2.13. The number of ether oxygens (including phenoxy) is 1. The normalized spacial score (nSPS) is 21.5. The molecule has 1 aliphatic carbocycles. The molecule has 1 radical (unpaired) electrons. The van der Waals surface area contributed by atoms with Gasteiger partial charge in [0.1, 0.15) is 0 Å². The van der Waals surface area contributed by atoms with E-state index in [1.54, 1.807) is 6.33 Å². The van der Waals surface area contributed by atoms with E-state index in [9.17, 15) is 5.11 Å². The second kappa shape index (κ2) is 5.33. The van der Waals surface area contributed by atoms with Gasteiger partial charge in [0.25, 0.3) is 0 Å². The van der Waals surface area contributed by atoms with Crippen LogP contribution in [0.15, 0.2) is 18.5 Å². The second-order valence-corrected chi connectivity index (χ2v) is 5.49. The first-order valence-electron chi connectivity index (χ1n) is 7.01. The summed E-state index contributed by atoms with van der Waals surface area (Å²) in [6.45, 7) is 3.73. The molecule has 2 N–H and O–H groups in total. The molecule has 0 unspecified atom stereocenters. The fourth-order valence-corrected chi connectivity index (χ4v) is 2.54. The minimum absolute atomic E-state index is 0.0242. The Morgan fingerprint density at radius 2 is 2.24 bits per heavy atom. The van der Waals surface area contributed by atoms with Gasteiger partial charge in [-0.25, -0.2) is 10.1 Å². The molecule has 7 heteroatoms. The van der Waals surface area contributed by atoms with Crippen LogP contribution in [0.1, 0.15) is 26.3 Å². The highest BCUT2D eigenvalue weighted by atomic mass is 16.5. The van der Waals surface area contributed by atoms with Crippen molar-refractivity contribution in [2.24, 2.45) is 5.92 Å². The Balaban J connectivity index is 2.02. The van der Waals surface area contributed by atoms with E-state index in [0.717, 1.165) is 6.42 Å². The zero-order chi connectivity index (χ0) is 15.0. The first-order valence-corrected chi connectivity index (χ1v) is 7.01. The van der Waals surface area contributed by atoms with Crippen molar-refractivity contribution >= 4 is 17.1 Å². The molecular weight excluding hydrogens is 270 g/mol. The van der Waals surface area contributed by atoms with Crippen LogP contribution in [-0.2, 0) is 5.11 Å². The summed E-state index contributed by atoms with van der Waals surface area (Å²) in [5.41, 5.74) is 7.00. The van der Waals surface area contributed by atoms with E-state index in [0.29, 0.717) is 17.0 Å². The maximum Gasteiger partial charge on any atom is 0.247 e. The molecule has 21 heavy (non-hydrogen) atoms. The maximum atomic E-state index is 11.0. The first kappa shape index (κ1) is 13.8. The van der Waals surface area contributed by atoms with Crippen LogP contribution < -0.4 is 10.5 Å². The number of rotatable bonds is 4. The fourth-order valence-electron chi connectivity index (χ4n) is 2.54. The molecule has 0 amide bonds. The van der Waals surface area contributed by atoms with Crippen molar-refractivity contribution in [2.75, 3.05) is 12.3 Å². The molecule has 0 saturated carbocycles. The average Bonchev–Trinajstić information content (AvgIpc) is 3.03. The van der Waals surface area contributed by atoms with E-state index < -0.39 is 0 Å². The lowest BCUT2D eigenvalue weighted by atomic mass is 10.1. The summed E-state index contributed by atoms with van der Waals surface area (Å²) in [7, 11) is 0. The van der Waals surface area contributed by atoms with Crippen LogP contribution in [0, 0.1) is 5.92 Å². The van der Waals surface area contributed by atoms with Crippen molar-refractivity contribution in [3.05, 3.63) is 18.5 Å². The molecule has 0 fully saturated rings. The van der Waals surface area contributed by atoms with E-state index in [2.05, 4.69) is 15.0 Å². The van der Waals surface area contributed by atoms with E-state index in [4.69, 9.17) is 10.5 Å². The van der Waals surface area contributed by atoms with E-state index >= 15 is 0 Å². The quantitative estimate of drug-likeness (QED) is 0.864. The molecule has 2 atom stereocenters. The average molecular weight is 288 g/mol. The van der Waals surface area contributed by atoms with Gasteiger partial charge < -0.3 is 15.0 Å². The van der Waals surface area contributed by atoms with Gasteiger partial charge in [-0.3, -0.25) is 0 Å². The van der Waals surface area contributed by atoms with Gasteiger partial charge in [0, 0.05) is 5.92 Å². The van der Waals surface area contributed by atoms with Crippen molar-refractivity contribution in [2.45, 2.75) is 32.4 Å². The molecule has 2 heterocycles. The van der Waals surface area contributed by atoms with Crippen LogP contribution in [0.3, 0.4) is 0 Å². The van der Waals surface area contributed by atoms with Gasteiger partial charge in [-0.15, -0.1) is 0 Å². The number of aromatic nitrogens is 4. The third-order valence-electron chi connectivity index (χ3n) is 3.48. The fraction of sp³-hybridized carbons (Fsp3) is 0.500. The van der Waals surface area contributed by atoms with Crippen LogP contribution >= 0.6 is 0 Å². The summed E-state index contributed by atoms with van der Waals surface area (Å²) in [6.07, 6.45) is 6.42. The molecule has 0 aliphatic heterocycles. The number of nitrogen functional groups attached to an aromatic ring is 1. The van der Waals surface area contributed by atoms with Gasteiger partial charge in [0.15, 0.2) is 11.2 Å². The smallest absolute Gasteiger partial charge is 0.247 e. The van der Waals surface area contributed by atoms with Crippen molar-refractivity contribution in [1.29, 1.82) is 0 Å². The predicted octanol–water partition coefficient (Wildman–Crippen LogP) is 1.74. The van der Waals surface area contributed by atoms with Crippen LogP contribution in [0.25, 0.3) is 11.2 Å². The molecule has 0 spiro atoms. The second-order valence-electron chi connectivity index (χ2n) is 5.49. The number of anilines is 1. The third-order valence-corrected chi connectivity index (χ3v) is 3.48. The molecule has 1 aliphatic rings. The van der Waals surface area contributed by atoms with E-state index in [1.807, 2.05) is 30.6 Å². The summed E-state index contributed by atoms with van der Waals surface area (Å²) in [5, 5.41) is 11.0. The van der Waals surface area contributed by atoms with Gasteiger partial charge in [-0.05, 0) is 20.3 Å². The SMILES string of the molecule is CC(C)Oc1nc(N)nc2c1ncn2[C@H]1C=C[C@@H](C[O])C1. The number of hydrogen-bond acceptors (Lipinski definition) is 5. The summed E-state index contributed by atoms with van der Waals surface area (Å²) >= 11 is 0. The zero-order valence-corrected chi connectivity index (χ0v) is 12.1. The third kappa shape index (κ3) is 2.56. The Bertz CT molecular complexity index is 679. The molecule has 0 bridgehead atoms. The van der Waals surface area contributed by atoms with Crippen LogP contribution in [-0.4, -0.2) is 32.2 Å². The molecule has 0 aromatic carbocycles. The number of hydrogen-bond donors (Lipinski definition) is 1. The highest BCUT2D eigenvalue weighted by Crippen LogP contribution is 2.32. The summed E-state index contributed by atoms with van der Waals surface area (Å²) in [6, 6.07) is 0.0788. The Morgan fingerprint density at radius 1 is 1.43 bits per heavy atom. The van der Waals surface area contributed by atoms with Gasteiger partial charge in [-0.1, -0.05) is 12.2 Å². The molecule has 2 aromatic heterocycles. The predicted molar refractivity (Wildman–Crippen MR) is 77.3 cm³/mol. The Morgan fingerprint density at radius 3 is 2.90 bits per heavy atom. The zero-order valence-electron chi connectivity index (χ0n) is 12.1. The first-order chi connectivity index (χ1) is 10.1. The molecule has 111 valence electrons. The molecule has 0 saturated heterocycles. The van der Waals surface area contributed by atoms with Crippen molar-refractivity contribution < 1.29 is 9.84 Å². The largest absolute Gasteiger partial charge is 0.473 e. The Labute approximate surface area is 122 Å². The highest BCUT2D eigenvalue weighted by Gasteiger charge is 2.23. The maximum absolute atomic E-state index is 11.0. The number of allylic oxidation sites excluding steroid dienone is 1. The molecule has 3 rings (SSSR count). The molecule has 7 nitrogen and oxygen atoms in total. The van der Waals surface area contributed by atoms with Crippen molar-refractivity contribution in [3.8, 4) is 5.88 Å². The molecular formula is C14H18N5O2. The number of fused-ring (bicyclic) bond motifs is 1. The molecule has 2 aromatic rings. The van der Waals surface area contributed by atoms with Crippen LogP contribution in [0.2, 0.25) is 0 Å².